The number of oxazole rings is 1. The van der Waals surface area contributed by atoms with Crippen LogP contribution < -0.4 is 15.6 Å². The van der Waals surface area contributed by atoms with E-state index in [9.17, 15) is 14.4 Å². The SMILES string of the molecule is CCC(=O)CCCCC[C@H](NC(=O)[C@H]1CC12CCN(CC1CC1)CC2)c1ncc(-c2cc3ccc(=O)n(C)c3cc2OC)o1. The molecule has 0 bridgehead atoms. The number of nitrogens with zero attached hydrogens (tertiary/aromatic N) is 3. The number of ketones is 1. The summed E-state index contributed by atoms with van der Waals surface area (Å²) in [5.41, 5.74) is 1.56. The third-order valence-electron chi connectivity index (χ3n) is 10.3. The van der Waals surface area contributed by atoms with Gasteiger partial charge in [-0.25, -0.2) is 4.98 Å². The molecule has 236 valence electrons. The summed E-state index contributed by atoms with van der Waals surface area (Å²) < 4.78 is 13.6. The summed E-state index contributed by atoms with van der Waals surface area (Å²) in [6.45, 7) is 5.34. The molecule has 9 nitrogen and oxygen atoms in total. The van der Waals surface area contributed by atoms with Crippen molar-refractivity contribution in [1.29, 1.82) is 0 Å². The first-order valence-electron chi connectivity index (χ1n) is 16.5. The Labute approximate surface area is 259 Å². The van der Waals surface area contributed by atoms with Gasteiger partial charge in [0.25, 0.3) is 5.56 Å². The van der Waals surface area contributed by atoms with Gasteiger partial charge in [-0.1, -0.05) is 19.8 Å². The molecule has 2 saturated carbocycles. The Bertz CT molecular complexity index is 1560. The zero-order valence-corrected chi connectivity index (χ0v) is 26.4. The van der Waals surface area contributed by atoms with Gasteiger partial charge >= 0.3 is 0 Å². The molecule has 3 heterocycles. The minimum absolute atomic E-state index is 0.0527. The molecule has 3 aliphatic rings. The van der Waals surface area contributed by atoms with Gasteiger partial charge in [0.2, 0.25) is 11.8 Å². The average molecular weight is 603 g/mol. The Kier molecular flexibility index (Phi) is 8.94. The van der Waals surface area contributed by atoms with Crippen LogP contribution in [-0.4, -0.2) is 52.9 Å². The molecule has 44 heavy (non-hydrogen) atoms. The molecule has 1 N–H and O–H groups in total. The lowest BCUT2D eigenvalue weighted by Gasteiger charge is -2.33. The number of likely N-dealkylation sites (tertiary alicyclic amines) is 1. The van der Waals surface area contributed by atoms with Crippen molar-refractivity contribution in [2.24, 2.45) is 24.3 Å². The van der Waals surface area contributed by atoms with Crippen molar-refractivity contribution >= 4 is 22.6 Å². The van der Waals surface area contributed by atoms with Crippen LogP contribution in [0.4, 0.5) is 0 Å². The summed E-state index contributed by atoms with van der Waals surface area (Å²) >= 11 is 0. The molecule has 0 unspecified atom stereocenters. The Morgan fingerprint density at radius 1 is 1.16 bits per heavy atom. The molecule has 9 heteroatoms. The van der Waals surface area contributed by atoms with Crippen molar-refractivity contribution in [3.8, 4) is 17.1 Å². The van der Waals surface area contributed by atoms with Crippen LogP contribution >= 0.6 is 0 Å². The highest BCUT2D eigenvalue weighted by atomic mass is 16.5. The van der Waals surface area contributed by atoms with Gasteiger partial charge in [-0.05, 0) is 86.9 Å². The highest BCUT2D eigenvalue weighted by Crippen LogP contribution is 2.59. The first-order chi connectivity index (χ1) is 21.3. The number of nitrogens with one attached hydrogen (secondary N) is 1. The number of amides is 1. The number of hydrogen-bond donors (Lipinski definition) is 1. The molecule has 1 aromatic carbocycles. The average Bonchev–Trinajstić information content (AvgIpc) is 3.94. The second-order valence-electron chi connectivity index (χ2n) is 13.3. The van der Waals surface area contributed by atoms with E-state index in [0.29, 0.717) is 42.4 Å². The lowest BCUT2D eigenvalue weighted by Crippen LogP contribution is -2.38. The van der Waals surface area contributed by atoms with Crippen molar-refractivity contribution in [2.75, 3.05) is 26.7 Å². The normalized spacial score (nSPS) is 20.1. The fourth-order valence-corrected chi connectivity index (χ4v) is 7.01. The number of hydrogen-bond acceptors (Lipinski definition) is 7. The minimum Gasteiger partial charge on any atom is -0.496 e. The van der Waals surface area contributed by atoms with E-state index in [0.717, 1.165) is 74.0 Å². The predicted octanol–water partition coefficient (Wildman–Crippen LogP) is 5.80. The smallest absolute Gasteiger partial charge is 0.250 e. The van der Waals surface area contributed by atoms with Crippen molar-refractivity contribution in [2.45, 2.75) is 83.6 Å². The Morgan fingerprint density at radius 3 is 2.68 bits per heavy atom. The van der Waals surface area contributed by atoms with Gasteiger partial charge in [0.15, 0.2) is 5.76 Å². The van der Waals surface area contributed by atoms with Gasteiger partial charge in [0.1, 0.15) is 17.6 Å². The second kappa shape index (κ2) is 12.9. The Balaban J connectivity index is 1.17. The van der Waals surface area contributed by atoms with Crippen molar-refractivity contribution < 1.29 is 18.7 Å². The number of pyridine rings is 1. The van der Waals surface area contributed by atoms with Crippen LogP contribution in [0.15, 0.2) is 39.7 Å². The van der Waals surface area contributed by atoms with E-state index in [4.69, 9.17) is 9.15 Å². The molecule has 1 aliphatic heterocycles. The third-order valence-corrected chi connectivity index (χ3v) is 10.3. The summed E-state index contributed by atoms with van der Waals surface area (Å²) in [6.07, 6.45) is 12.1. The van der Waals surface area contributed by atoms with E-state index in [1.807, 2.05) is 19.1 Å². The van der Waals surface area contributed by atoms with Crippen molar-refractivity contribution in [3.05, 3.63) is 46.7 Å². The molecule has 1 spiro atoms. The number of unbranched alkanes of at least 4 members (excludes halogenated alkanes) is 2. The van der Waals surface area contributed by atoms with E-state index in [1.54, 1.807) is 37.1 Å². The van der Waals surface area contributed by atoms with E-state index < -0.39 is 0 Å². The van der Waals surface area contributed by atoms with E-state index >= 15 is 0 Å². The molecule has 3 aromatic rings. The molecule has 2 aliphatic carbocycles. The number of methoxy groups -OCH3 is 1. The summed E-state index contributed by atoms with van der Waals surface area (Å²) in [4.78, 5) is 44.8. The highest BCUT2D eigenvalue weighted by Gasteiger charge is 2.58. The molecule has 6 rings (SSSR count). The van der Waals surface area contributed by atoms with Crippen molar-refractivity contribution in [3.63, 3.8) is 0 Å². The van der Waals surface area contributed by atoms with Crippen LogP contribution in [0.1, 0.15) is 89.5 Å². The van der Waals surface area contributed by atoms with E-state index in [1.165, 1.54) is 19.4 Å². The fraction of sp³-hybridized carbons (Fsp3) is 0.600. The molecule has 0 radical (unpaired) electrons. The number of aromatic nitrogens is 2. The maximum absolute atomic E-state index is 13.6. The number of ether oxygens (including phenoxy) is 1. The fourth-order valence-electron chi connectivity index (χ4n) is 7.01. The van der Waals surface area contributed by atoms with Gasteiger partial charge in [-0.3, -0.25) is 14.4 Å². The molecular weight excluding hydrogens is 556 g/mol. The lowest BCUT2D eigenvalue weighted by molar-refractivity contribution is -0.124. The molecule has 1 amide bonds. The zero-order chi connectivity index (χ0) is 30.8. The summed E-state index contributed by atoms with van der Waals surface area (Å²) in [5, 5.41) is 4.21. The van der Waals surface area contributed by atoms with Gasteiger partial charge in [-0.2, -0.15) is 0 Å². The van der Waals surface area contributed by atoms with Gasteiger partial charge in [0.05, 0.1) is 24.4 Å². The van der Waals surface area contributed by atoms with Crippen LogP contribution in [0.25, 0.3) is 22.2 Å². The highest BCUT2D eigenvalue weighted by molar-refractivity contribution is 5.87. The maximum atomic E-state index is 13.6. The minimum atomic E-state index is -0.349. The quantitative estimate of drug-likeness (QED) is 0.232. The van der Waals surface area contributed by atoms with Crippen LogP contribution in [0.5, 0.6) is 5.75 Å². The summed E-state index contributed by atoms with van der Waals surface area (Å²) in [7, 11) is 3.33. The van der Waals surface area contributed by atoms with Crippen LogP contribution in [0.2, 0.25) is 0 Å². The monoisotopic (exact) mass is 602 g/mol. The Morgan fingerprint density at radius 2 is 1.95 bits per heavy atom. The second-order valence-corrected chi connectivity index (χ2v) is 13.3. The number of carbonyl (C=O) groups excluding carboxylic acids is 2. The van der Waals surface area contributed by atoms with Crippen molar-refractivity contribution in [1.82, 2.24) is 19.8 Å². The number of rotatable bonds is 14. The van der Waals surface area contributed by atoms with Gasteiger partial charge in [-0.15, -0.1) is 0 Å². The summed E-state index contributed by atoms with van der Waals surface area (Å²) in [5.74, 6) is 2.96. The largest absolute Gasteiger partial charge is 0.496 e. The van der Waals surface area contributed by atoms with Gasteiger partial charge in [0, 0.05) is 44.5 Å². The molecule has 2 atom stereocenters. The van der Waals surface area contributed by atoms with Crippen LogP contribution in [0.3, 0.4) is 0 Å². The van der Waals surface area contributed by atoms with Crippen LogP contribution in [0, 0.1) is 17.3 Å². The number of carbonyl (C=O) groups is 2. The van der Waals surface area contributed by atoms with E-state index in [2.05, 4.69) is 15.2 Å². The predicted molar refractivity (Wildman–Crippen MR) is 169 cm³/mol. The maximum Gasteiger partial charge on any atom is 0.250 e. The number of Topliss-reactive ketones (excluding diaryl/α,β-unsaturated/α-hetero) is 1. The van der Waals surface area contributed by atoms with Gasteiger partial charge < -0.3 is 23.9 Å². The zero-order valence-electron chi connectivity index (χ0n) is 26.4. The Hall–Kier alpha value is -3.46. The molecule has 2 aromatic heterocycles. The standard InChI is InChI=1S/C35H46N4O5/c1-4-25(40)8-6-5-7-9-28(37-33(42)27-20-35(27)14-16-39(17-15-35)22-23-10-11-23)34-36-21-31(44-34)26-18-24-12-13-32(41)38(2)29(24)19-30(26)43-3/h12-13,18-19,21,23,27-28H,4-11,14-17,20,22H2,1-3H3,(H,37,42)/t27-,28+/m1/s1. The number of fused-ring (bicyclic) bond motifs is 1. The molecular formula is C35H46N4O5. The van der Waals surface area contributed by atoms with Crippen LogP contribution in [-0.2, 0) is 16.6 Å². The first-order valence-corrected chi connectivity index (χ1v) is 16.5. The van der Waals surface area contributed by atoms with E-state index in [-0.39, 0.29) is 28.8 Å². The molecule has 3 fully saturated rings. The first kappa shape index (κ1) is 30.6. The third kappa shape index (κ3) is 6.63. The molecule has 1 saturated heterocycles. The number of piperidine rings is 1. The summed E-state index contributed by atoms with van der Waals surface area (Å²) in [6, 6.07) is 6.78. The number of benzene rings is 1. The number of aryl methyl sites for hydroxylation is 1. The topological polar surface area (TPSA) is 107 Å². The lowest BCUT2D eigenvalue weighted by atomic mass is 9.90.